The summed E-state index contributed by atoms with van der Waals surface area (Å²) in [6.07, 6.45) is 1.20. The first-order valence-corrected chi connectivity index (χ1v) is 5.02. The van der Waals surface area contributed by atoms with Crippen molar-refractivity contribution in [2.45, 2.75) is 6.92 Å². The molecule has 0 radical (unpaired) electrons. The lowest BCUT2D eigenvalue weighted by Crippen LogP contribution is -2.28. The number of amides is 1. The van der Waals surface area contributed by atoms with Gasteiger partial charge in [0.25, 0.3) is 5.91 Å². The number of hydrogen-bond acceptors (Lipinski definition) is 3. The topological polar surface area (TPSA) is 59.3 Å². The minimum absolute atomic E-state index is 0.0422. The number of hydrogen-bond donors (Lipinski definition) is 1. The van der Waals surface area contributed by atoms with Crippen LogP contribution in [0.1, 0.15) is 17.3 Å². The van der Waals surface area contributed by atoms with Gasteiger partial charge in [-0.25, -0.2) is 0 Å². The van der Waals surface area contributed by atoms with Gasteiger partial charge >= 0.3 is 0 Å². The van der Waals surface area contributed by atoms with Gasteiger partial charge in [0.15, 0.2) is 0 Å². The molecule has 1 amide bonds. The Bertz CT molecular complexity index is 586. The van der Waals surface area contributed by atoms with Gasteiger partial charge in [0.2, 0.25) is 5.43 Å². The zero-order chi connectivity index (χ0) is 11.5. The molecule has 0 atom stereocenters. The predicted molar refractivity (Wildman–Crippen MR) is 60.5 cm³/mol. The number of fused-ring (bicyclic) bond motifs is 1. The Balaban J connectivity index is 2.61. The molecule has 2 rings (SSSR count). The number of para-hydroxylation sites is 1. The summed E-state index contributed by atoms with van der Waals surface area (Å²) in [5.74, 6) is -0.401. The number of benzene rings is 1. The van der Waals surface area contributed by atoms with Crippen LogP contribution in [0.5, 0.6) is 0 Å². The molecular formula is C12H11NO3. The number of rotatable bonds is 2. The zero-order valence-corrected chi connectivity index (χ0v) is 8.82. The second-order valence-corrected chi connectivity index (χ2v) is 3.33. The Morgan fingerprint density at radius 1 is 1.38 bits per heavy atom. The molecule has 0 spiro atoms. The predicted octanol–water partition coefficient (Wildman–Crippen LogP) is 1.54. The number of carbonyl (C=O) groups is 1. The lowest BCUT2D eigenvalue weighted by atomic mass is 10.1. The number of nitrogens with one attached hydrogen (secondary N) is 1. The Hall–Kier alpha value is -2.10. The molecular weight excluding hydrogens is 206 g/mol. The van der Waals surface area contributed by atoms with E-state index in [1.165, 1.54) is 6.26 Å². The summed E-state index contributed by atoms with van der Waals surface area (Å²) in [7, 11) is 0. The van der Waals surface area contributed by atoms with Crippen molar-refractivity contribution in [2.24, 2.45) is 0 Å². The van der Waals surface area contributed by atoms with Gasteiger partial charge in [-0.3, -0.25) is 9.59 Å². The first-order valence-electron chi connectivity index (χ1n) is 5.02. The van der Waals surface area contributed by atoms with Crippen LogP contribution >= 0.6 is 0 Å². The van der Waals surface area contributed by atoms with Gasteiger partial charge in [0.1, 0.15) is 17.4 Å². The third-order valence-corrected chi connectivity index (χ3v) is 2.26. The highest BCUT2D eigenvalue weighted by Crippen LogP contribution is 2.10. The largest absolute Gasteiger partial charge is 0.463 e. The van der Waals surface area contributed by atoms with E-state index in [-0.39, 0.29) is 11.0 Å². The summed E-state index contributed by atoms with van der Waals surface area (Å²) in [5, 5.41) is 2.99. The average molecular weight is 217 g/mol. The molecule has 0 fully saturated rings. The molecule has 0 aliphatic heterocycles. The molecule has 1 aromatic carbocycles. The Kier molecular flexibility index (Phi) is 2.72. The van der Waals surface area contributed by atoms with Crippen LogP contribution < -0.4 is 10.7 Å². The van der Waals surface area contributed by atoms with E-state index in [1.54, 1.807) is 31.2 Å². The highest BCUT2D eigenvalue weighted by Gasteiger charge is 2.12. The van der Waals surface area contributed by atoms with Crippen molar-refractivity contribution < 1.29 is 9.21 Å². The lowest BCUT2D eigenvalue weighted by Gasteiger charge is -2.02. The minimum atomic E-state index is -0.401. The van der Waals surface area contributed by atoms with Crippen molar-refractivity contribution in [1.82, 2.24) is 5.32 Å². The Morgan fingerprint density at radius 3 is 2.88 bits per heavy atom. The first-order chi connectivity index (χ1) is 7.74. The third-order valence-electron chi connectivity index (χ3n) is 2.26. The molecule has 4 nitrogen and oxygen atoms in total. The van der Waals surface area contributed by atoms with E-state index in [9.17, 15) is 9.59 Å². The second kappa shape index (κ2) is 4.18. The van der Waals surface area contributed by atoms with E-state index in [0.717, 1.165) is 0 Å². The SMILES string of the molecule is CCNC(=O)c1coc2ccccc2c1=O. The average Bonchev–Trinajstić information content (AvgIpc) is 2.30. The van der Waals surface area contributed by atoms with E-state index in [1.807, 2.05) is 0 Å². The highest BCUT2D eigenvalue weighted by atomic mass is 16.3. The maximum atomic E-state index is 11.9. The first kappa shape index (κ1) is 10.4. The van der Waals surface area contributed by atoms with Gasteiger partial charge in [-0.05, 0) is 19.1 Å². The van der Waals surface area contributed by atoms with Crippen molar-refractivity contribution in [3.63, 3.8) is 0 Å². The van der Waals surface area contributed by atoms with Crippen LogP contribution in [-0.2, 0) is 0 Å². The summed E-state index contributed by atoms with van der Waals surface area (Å²) in [6.45, 7) is 2.27. The van der Waals surface area contributed by atoms with Crippen LogP contribution in [0, 0.1) is 0 Å². The van der Waals surface area contributed by atoms with Crippen LogP contribution in [0.3, 0.4) is 0 Å². The number of carbonyl (C=O) groups excluding carboxylic acids is 1. The van der Waals surface area contributed by atoms with Crippen molar-refractivity contribution >= 4 is 16.9 Å². The van der Waals surface area contributed by atoms with Crippen LogP contribution in [0.15, 0.2) is 39.7 Å². The molecule has 0 saturated heterocycles. The van der Waals surface area contributed by atoms with Crippen molar-refractivity contribution in [2.75, 3.05) is 6.54 Å². The smallest absolute Gasteiger partial charge is 0.258 e. The summed E-state index contributed by atoms with van der Waals surface area (Å²) >= 11 is 0. The summed E-state index contributed by atoms with van der Waals surface area (Å²) in [5.41, 5.74) is 0.230. The quantitative estimate of drug-likeness (QED) is 0.830. The molecule has 0 unspecified atom stereocenters. The fraction of sp³-hybridized carbons (Fsp3) is 0.167. The van der Waals surface area contributed by atoms with E-state index in [2.05, 4.69) is 5.32 Å². The molecule has 2 aromatic rings. The maximum Gasteiger partial charge on any atom is 0.258 e. The molecule has 1 aromatic heterocycles. The molecule has 0 aliphatic carbocycles. The van der Waals surface area contributed by atoms with Gasteiger partial charge in [0.05, 0.1) is 5.39 Å². The third kappa shape index (κ3) is 1.69. The van der Waals surface area contributed by atoms with Crippen molar-refractivity contribution in [3.05, 3.63) is 46.3 Å². The zero-order valence-electron chi connectivity index (χ0n) is 8.82. The van der Waals surface area contributed by atoms with E-state index in [0.29, 0.717) is 17.5 Å². The van der Waals surface area contributed by atoms with E-state index < -0.39 is 5.91 Å². The van der Waals surface area contributed by atoms with Crippen LogP contribution in [0.4, 0.5) is 0 Å². The van der Waals surface area contributed by atoms with Gasteiger partial charge in [0, 0.05) is 6.54 Å². The molecule has 0 aliphatic rings. The molecule has 0 saturated carbocycles. The standard InChI is InChI=1S/C12H11NO3/c1-2-13-12(15)9-7-16-10-6-4-3-5-8(10)11(9)14/h3-7H,2H2,1H3,(H,13,15). The molecule has 4 heteroatoms. The van der Waals surface area contributed by atoms with Crippen LogP contribution in [-0.4, -0.2) is 12.5 Å². The maximum absolute atomic E-state index is 11.9. The van der Waals surface area contributed by atoms with Crippen LogP contribution in [0.2, 0.25) is 0 Å². The summed E-state index contributed by atoms with van der Waals surface area (Å²) < 4.78 is 5.23. The fourth-order valence-corrected chi connectivity index (χ4v) is 1.49. The van der Waals surface area contributed by atoms with Crippen molar-refractivity contribution in [3.8, 4) is 0 Å². The Morgan fingerprint density at radius 2 is 2.12 bits per heavy atom. The molecule has 1 N–H and O–H groups in total. The lowest BCUT2D eigenvalue weighted by molar-refractivity contribution is 0.0953. The molecule has 1 heterocycles. The fourth-order valence-electron chi connectivity index (χ4n) is 1.49. The molecule has 16 heavy (non-hydrogen) atoms. The van der Waals surface area contributed by atoms with Gasteiger partial charge in [-0.1, -0.05) is 12.1 Å². The highest BCUT2D eigenvalue weighted by molar-refractivity contribution is 5.96. The molecule has 82 valence electrons. The van der Waals surface area contributed by atoms with Gasteiger partial charge in [-0.15, -0.1) is 0 Å². The van der Waals surface area contributed by atoms with Gasteiger partial charge in [-0.2, -0.15) is 0 Å². The van der Waals surface area contributed by atoms with E-state index >= 15 is 0 Å². The minimum Gasteiger partial charge on any atom is -0.463 e. The van der Waals surface area contributed by atoms with Crippen LogP contribution in [0.25, 0.3) is 11.0 Å². The van der Waals surface area contributed by atoms with Gasteiger partial charge < -0.3 is 9.73 Å². The van der Waals surface area contributed by atoms with E-state index in [4.69, 9.17) is 4.42 Å². The second-order valence-electron chi connectivity index (χ2n) is 3.33. The summed E-state index contributed by atoms with van der Waals surface area (Å²) in [6, 6.07) is 6.85. The van der Waals surface area contributed by atoms with Crippen molar-refractivity contribution in [1.29, 1.82) is 0 Å². The molecule has 0 bridgehead atoms. The monoisotopic (exact) mass is 217 g/mol. The normalized spacial score (nSPS) is 10.3. The Labute approximate surface area is 91.9 Å². The summed E-state index contributed by atoms with van der Waals surface area (Å²) in [4.78, 5) is 23.5.